The average Bonchev–Trinajstić information content (AvgIpc) is 1.57. The number of benzene rings is 19. The summed E-state index contributed by atoms with van der Waals surface area (Å²) in [6.07, 6.45) is 6.47. The minimum absolute atomic E-state index is 0.609. The predicted molar refractivity (Wildman–Crippen MR) is 593 cm³/mol. The van der Waals surface area contributed by atoms with E-state index in [2.05, 4.69) is 501 Å². The van der Waals surface area contributed by atoms with Gasteiger partial charge in [0, 0.05) is 117 Å². The maximum atomic E-state index is 5.50. The third kappa shape index (κ3) is 14.7. The first-order valence-electron chi connectivity index (χ1n) is 48.6. The SMILES string of the molecule is c1ccc(-c2cc(-c3ccccc3)cc(-c3nc(-n4c5ccccc5c5ccc6c(ccn6-c6ccccc6)c54)nc4ccccc34)c2)cc1.c1ccc(-c2cc(-c3ccccc3)nc(-c3nc(-n4c5ccccc5c5ccc6c(ccn6-c6ccccc6)c54)nc4ccccc34)c2)cc1.c1ccc(-c2ccc(-c3nc(-n4c5ccccc5c5ccc6c(ccn6-c6ccccc6)c54)nc4ccccc34)cc2)cc1. The van der Waals surface area contributed by atoms with Crippen molar-refractivity contribution < 1.29 is 0 Å². The number of pyridine rings is 1. The first-order valence-corrected chi connectivity index (χ1v) is 48.6. The molecular weight excluding hydrogens is 1760 g/mol. The smallest absolute Gasteiger partial charge is 0.235 e. The quantitative estimate of drug-likeness (QED) is 0.106. The van der Waals surface area contributed by atoms with Crippen LogP contribution in [0.5, 0.6) is 0 Å². The Morgan fingerprint density at radius 3 is 0.771 bits per heavy atom. The number of hydrogen-bond donors (Lipinski definition) is 0. The summed E-state index contributed by atoms with van der Waals surface area (Å²) in [5.74, 6) is 1.92. The molecule has 0 radical (unpaired) electrons. The van der Waals surface area contributed by atoms with Gasteiger partial charge in [-0.05, 0) is 184 Å². The standard InChI is InChI=1S/C46H30N4.C45H29N5.C40H26N4/c1-4-14-31(15-5-1)33-28-34(32-16-6-2-7-17-32)30-35(29-33)44-39-21-10-12-22-41(39)47-46(48-44)50-43-23-13-11-20-37(43)38-24-25-42-40(45(38)50)26-27-49(42)36-18-8-3-9-19-36;1-4-14-30(15-5-1)32-28-39(31-16-6-2-7-17-31)46-40(29-32)43-36-21-10-12-22-38(36)47-45(48-43)50-42-23-13-11-20-34(42)35-24-25-41-37(44(35)50)26-27-49(41)33-18-8-3-9-19-33;1-3-11-27(12-4-1)28-19-21-29(22-20-28)38-33-16-7-9-17-35(33)41-40(42-38)44-37-18-10-8-15-31(37)32-23-24-36-34(39(32)44)25-26-43(36)30-13-5-2-6-14-30/h1-30H;1-29H;1-26H. The number of rotatable bonds is 14. The van der Waals surface area contributed by atoms with E-state index >= 15 is 0 Å². The molecule has 0 aliphatic carbocycles. The zero-order valence-corrected chi connectivity index (χ0v) is 77.9. The van der Waals surface area contributed by atoms with Crippen molar-refractivity contribution in [2.75, 3.05) is 0 Å². The summed E-state index contributed by atoms with van der Waals surface area (Å²) in [6, 6.07) is 174. The molecule has 0 aliphatic rings. The summed E-state index contributed by atoms with van der Waals surface area (Å²) in [7, 11) is 0. The van der Waals surface area contributed by atoms with Gasteiger partial charge in [-0.2, -0.15) is 0 Å². The fraction of sp³-hybridized carbons (Fsp3) is 0. The van der Waals surface area contributed by atoms with Gasteiger partial charge in [0.25, 0.3) is 0 Å². The number of para-hydroxylation sites is 9. The van der Waals surface area contributed by atoms with E-state index in [1.165, 1.54) is 32.7 Å². The summed E-state index contributed by atoms with van der Waals surface area (Å²) in [5, 5.41) is 13.5. The first-order chi connectivity index (χ1) is 71.4. The minimum Gasteiger partial charge on any atom is -0.316 e. The highest BCUT2D eigenvalue weighted by Crippen LogP contribution is 2.46. The molecule has 0 unspecified atom stereocenters. The largest absolute Gasteiger partial charge is 0.316 e. The highest BCUT2D eigenvalue weighted by atomic mass is 15.2. The summed E-state index contributed by atoms with van der Waals surface area (Å²) in [5.41, 5.74) is 32.6. The lowest BCUT2D eigenvalue weighted by molar-refractivity contribution is 1.01. The molecule has 0 N–H and O–H groups in total. The van der Waals surface area contributed by atoms with E-state index in [9.17, 15) is 0 Å². The zero-order chi connectivity index (χ0) is 95.1. The van der Waals surface area contributed by atoms with E-state index in [0.717, 1.165) is 205 Å². The number of aromatic nitrogens is 13. The first kappa shape index (κ1) is 83.7. The average molecular weight is 1840 g/mol. The van der Waals surface area contributed by atoms with Gasteiger partial charge in [0.05, 0.1) is 89.0 Å². The molecule has 0 bridgehead atoms. The number of fused-ring (bicyclic) bond motifs is 18. The monoisotopic (exact) mass is 1840 g/mol. The van der Waals surface area contributed by atoms with Gasteiger partial charge in [0.1, 0.15) is 5.69 Å². The molecule has 0 fully saturated rings. The van der Waals surface area contributed by atoms with Crippen molar-refractivity contribution in [3.05, 3.63) is 516 Å². The molecule has 674 valence electrons. The highest BCUT2D eigenvalue weighted by molar-refractivity contribution is 6.21. The second-order valence-electron chi connectivity index (χ2n) is 36.3. The molecule has 0 saturated heterocycles. The van der Waals surface area contributed by atoms with Crippen molar-refractivity contribution in [2.45, 2.75) is 0 Å². The van der Waals surface area contributed by atoms with Crippen LogP contribution in [0, 0.1) is 0 Å². The van der Waals surface area contributed by atoms with Gasteiger partial charge in [-0.25, -0.2) is 34.9 Å². The van der Waals surface area contributed by atoms with Crippen LogP contribution >= 0.6 is 0 Å². The fourth-order valence-electron chi connectivity index (χ4n) is 21.2. The van der Waals surface area contributed by atoms with Gasteiger partial charge in [0.15, 0.2) is 0 Å². The molecule has 0 saturated carbocycles. The molecule has 0 aliphatic heterocycles. The van der Waals surface area contributed by atoms with E-state index < -0.39 is 0 Å². The van der Waals surface area contributed by atoms with Crippen molar-refractivity contribution >= 4 is 131 Å². The van der Waals surface area contributed by atoms with Crippen LogP contribution < -0.4 is 0 Å². The zero-order valence-electron chi connectivity index (χ0n) is 77.9. The lowest BCUT2D eigenvalue weighted by Gasteiger charge is -2.15. The van der Waals surface area contributed by atoms with Crippen LogP contribution in [0.2, 0.25) is 0 Å². The Labute approximate surface area is 828 Å². The molecule has 144 heavy (non-hydrogen) atoms. The van der Waals surface area contributed by atoms with Gasteiger partial charge in [-0.15, -0.1) is 0 Å². The maximum absolute atomic E-state index is 5.50. The Morgan fingerprint density at radius 2 is 0.403 bits per heavy atom. The van der Waals surface area contributed by atoms with Crippen LogP contribution in [0.1, 0.15) is 0 Å². The van der Waals surface area contributed by atoms with Crippen molar-refractivity contribution in [3.8, 4) is 125 Å². The Hall–Kier alpha value is -19.6. The third-order valence-electron chi connectivity index (χ3n) is 27.9. The molecule has 29 aromatic rings. The predicted octanol–water partition coefficient (Wildman–Crippen LogP) is 32.7. The molecule has 13 nitrogen and oxygen atoms in total. The second kappa shape index (κ2) is 35.4. The van der Waals surface area contributed by atoms with Crippen LogP contribution in [0.3, 0.4) is 0 Å². The van der Waals surface area contributed by atoms with E-state index in [1.807, 2.05) is 42.5 Å². The lowest BCUT2D eigenvalue weighted by atomic mass is 9.94. The Bertz CT molecular complexity index is 9480. The molecule has 10 aromatic heterocycles. The topological polar surface area (TPSA) is 120 Å². The highest BCUT2D eigenvalue weighted by Gasteiger charge is 2.27. The summed E-state index contributed by atoms with van der Waals surface area (Å²) < 4.78 is 13.5. The minimum atomic E-state index is 0.609. The van der Waals surface area contributed by atoms with Crippen LogP contribution in [-0.2, 0) is 0 Å². The third-order valence-corrected chi connectivity index (χ3v) is 27.9. The van der Waals surface area contributed by atoms with Crippen molar-refractivity contribution in [2.24, 2.45) is 0 Å². The number of hydrogen-bond acceptors (Lipinski definition) is 7. The molecule has 19 aromatic carbocycles. The number of nitrogens with zero attached hydrogens (tertiary/aromatic N) is 13. The fourth-order valence-corrected chi connectivity index (χ4v) is 21.2. The van der Waals surface area contributed by atoms with Crippen molar-refractivity contribution in [1.29, 1.82) is 0 Å². The van der Waals surface area contributed by atoms with Gasteiger partial charge < -0.3 is 13.7 Å². The summed E-state index contributed by atoms with van der Waals surface area (Å²) in [6.45, 7) is 0. The van der Waals surface area contributed by atoms with Gasteiger partial charge in [0.2, 0.25) is 17.8 Å². The summed E-state index contributed by atoms with van der Waals surface area (Å²) in [4.78, 5) is 37.3. The molecule has 13 heteroatoms. The normalized spacial score (nSPS) is 11.6. The van der Waals surface area contributed by atoms with Gasteiger partial charge >= 0.3 is 0 Å². The molecular formula is C131H85N13. The van der Waals surface area contributed by atoms with Crippen LogP contribution in [0.25, 0.3) is 255 Å². The maximum Gasteiger partial charge on any atom is 0.235 e. The van der Waals surface area contributed by atoms with E-state index in [0.29, 0.717) is 17.8 Å². The molecule has 0 spiro atoms. The summed E-state index contributed by atoms with van der Waals surface area (Å²) >= 11 is 0. The van der Waals surface area contributed by atoms with Crippen LogP contribution in [0.4, 0.5) is 0 Å². The molecule has 0 atom stereocenters. The van der Waals surface area contributed by atoms with E-state index in [-0.39, 0.29) is 0 Å². The molecule has 0 amide bonds. The van der Waals surface area contributed by atoms with Crippen LogP contribution in [-0.4, -0.2) is 62.3 Å². The molecule has 10 heterocycles. The van der Waals surface area contributed by atoms with Gasteiger partial charge in [-0.1, -0.05) is 358 Å². The lowest BCUT2D eigenvalue weighted by Crippen LogP contribution is -2.04. The van der Waals surface area contributed by atoms with Gasteiger partial charge in [-0.3, -0.25) is 13.7 Å². The Balaban J connectivity index is 0.000000108. The second-order valence-corrected chi connectivity index (χ2v) is 36.3. The van der Waals surface area contributed by atoms with Crippen molar-refractivity contribution in [3.63, 3.8) is 0 Å². The van der Waals surface area contributed by atoms with Crippen molar-refractivity contribution in [1.82, 2.24) is 62.3 Å². The van der Waals surface area contributed by atoms with E-state index in [1.54, 1.807) is 0 Å². The van der Waals surface area contributed by atoms with E-state index in [4.69, 9.17) is 34.9 Å². The Morgan fingerprint density at radius 1 is 0.139 bits per heavy atom. The molecule has 29 rings (SSSR count). The van der Waals surface area contributed by atoms with Crippen LogP contribution in [0.15, 0.2) is 516 Å². The Kier molecular flexibility index (Phi) is 20.6.